The van der Waals surface area contributed by atoms with Gasteiger partial charge in [0.2, 0.25) is 0 Å². The van der Waals surface area contributed by atoms with Gasteiger partial charge in [0.25, 0.3) is 0 Å². The number of hydrogen-bond acceptors (Lipinski definition) is 2. The lowest BCUT2D eigenvalue weighted by molar-refractivity contribution is 0.0991. The van der Waals surface area contributed by atoms with Gasteiger partial charge in [-0.05, 0) is 39.0 Å². The maximum Gasteiger partial charge on any atom is 0.170 e. The van der Waals surface area contributed by atoms with Gasteiger partial charge in [-0.15, -0.1) is 0 Å². The molecule has 0 spiro atoms. The number of ketones is 1. The average Bonchev–Trinajstić information content (AvgIpc) is 2.80. The molecule has 0 saturated heterocycles. The third-order valence-corrected chi connectivity index (χ3v) is 3.65. The number of rotatable bonds is 4. The molecule has 0 aliphatic carbocycles. The fourth-order valence-electron chi connectivity index (χ4n) is 1.87. The van der Waals surface area contributed by atoms with E-state index >= 15 is 0 Å². The molecule has 1 aromatic heterocycles. The van der Waals surface area contributed by atoms with E-state index in [9.17, 15) is 4.79 Å². The van der Waals surface area contributed by atoms with Crippen molar-refractivity contribution >= 4 is 21.7 Å². The molecule has 0 fully saturated rings. The van der Waals surface area contributed by atoms with E-state index in [1.54, 1.807) is 0 Å². The number of carbonyl (C=O) groups is 1. The molecular weight excluding hydrogens is 304 g/mol. The first-order valence-electron chi connectivity index (χ1n) is 6.30. The lowest BCUT2D eigenvalue weighted by Crippen LogP contribution is -2.07. The van der Waals surface area contributed by atoms with E-state index < -0.39 is 0 Å². The summed E-state index contributed by atoms with van der Waals surface area (Å²) in [6.07, 6.45) is 2.25. The van der Waals surface area contributed by atoms with Gasteiger partial charge in [0.05, 0.1) is 12.1 Å². The second kappa shape index (κ2) is 5.70. The second-order valence-corrected chi connectivity index (χ2v) is 5.82. The first-order chi connectivity index (χ1) is 8.97. The van der Waals surface area contributed by atoms with Gasteiger partial charge in [-0.3, -0.25) is 9.48 Å². The molecule has 0 atom stereocenters. The minimum atomic E-state index is 0.0876. The molecule has 100 valence electrons. The summed E-state index contributed by atoms with van der Waals surface area (Å²) in [7, 11) is 0. The lowest BCUT2D eigenvalue weighted by atomic mass is 10.0. The first-order valence-corrected chi connectivity index (χ1v) is 7.10. The van der Waals surface area contributed by atoms with E-state index in [4.69, 9.17) is 0 Å². The average molecular weight is 321 g/mol. The molecule has 3 nitrogen and oxygen atoms in total. The van der Waals surface area contributed by atoms with Crippen LogP contribution in [0.1, 0.15) is 41.5 Å². The first kappa shape index (κ1) is 14.0. The van der Waals surface area contributed by atoms with Crippen LogP contribution in [0.4, 0.5) is 0 Å². The Morgan fingerprint density at radius 1 is 1.37 bits per heavy atom. The fraction of sp³-hybridized carbons (Fsp3) is 0.333. The molecule has 0 N–H and O–H groups in total. The smallest absolute Gasteiger partial charge is 0.170 e. The van der Waals surface area contributed by atoms with Gasteiger partial charge in [-0.1, -0.05) is 27.6 Å². The van der Waals surface area contributed by atoms with Crippen LogP contribution >= 0.6 is 15.9 Å². The SMILES string of the molecule is Cc1ccc(Br)c(C(=O)Cc2ccn(C(C)C)n2)c1. The van der Waals surface area contributed by atoms with E-state index in [2.05, 4.69) is 34.9 Å². The molecular formula is C15H17BrN2O. The van der Waals surface area contributed by atoms with Crippen molar-refractivity contribution in [2.45, 2.75) is 33.2 Å². The van der Waals surface area contributed by atoms with Crippen LogP contribution < -0.4 is 0 Å². The van der Waals surface area contributed by atoms with Crippen molar-refractivity contribution in [2.24, 2.45) is 0 Å². The van der Waals surface area contributed by atoms with Crippen LogP contribution in [-0.2, 0) is 6.42 Å². The van der Waals surface area contributed by atoms with Crippen molar-refractivity contribution < 1.29 is 4.79 Å². The summed E-state index contributed by atoms with van der Waals surface area (Å²) in [6.45, 7) is 6.11. The summed E-state index contributed by atoms with van der Waals surface area (Å²) >= 11 is 3.43. The van der Waals surface area contributed by atoms with Crippen molar-refractivity contribution in [3.63, 3.8) is 0 Å². The molecule has 1 heterocycles. The van der Waals surface area contributed by atoms with Crippen LogP contribution in [0.25, 0.3) is 0 Å². The molecule has 0 aliphatic heterocycles. The van der Waals surface area contributed by atoms with Gasteiger partial charge in [0.1, 0.15) is 0 Å². The molecule has 0 aliphatic rings. The number of hydrogen-bond donors (Lipinski definition) is 0. The van der Waals surface area contributed by atoms with Gasteiger partial charge in [0.15, 0.2) is 5.78 Å². The Labute approximate surface area is 121 Å². The van der Waals surface area contributed by atoms with Gasteiger partial charge in [0, 0.05) is 22.3 Å². The molecule has 0 saturated carbocycles. The maximum atomic E-state index is 12.3. The molecule has 2 rings (SSSR count). The topological polar surface area (TPSA) is 34.9 Å². The highest BCUT2D eigenvalue weighted by atomic mass is 79.9. The highest BCUT2D eigenvalue weighted by Crippen LogP contribution is 2.20. The van der Waals surface area contributed by atoms with E-state index in [0.717, 1.165) is 21.3 Å². The molecule has 0 bridgehead atoms. The number of benzene rings is 1. The quantitative estimate of drug-likeness (QED) is 0.799. The zero-order chi connectivity index (χ0) is 14.0. The van der Waals surface area contributed by atoms with Gasteiger partial charge >= 0.3 is 0 Å². The standard InChI is InChI=1S/C15H17BrN2O/c1-10(2)18-7-6-12(17-18)9-15(19)13-8-11(3)4-5-14(13)16/h4-8,10H,9H2,1-3H3. The molecule has 2 aromatic rings. The summed E-state index contributed by atoms with van der Waals surface area (Å²) in [5, 5.41) is 4.41. The Bertz CT molecular complexity index is 602. The van der Waals surface area contributed by atoms with Crippen molar-refractivity contribution in [3.8, 4) is 0 Å². The Balaban J connectivity index is 2.18. The molecule has 0 radical (unpaired) electrons. The normalized spacial score (nSPS) is 11.0. The largest absolute Gasteiger partial charge is 0.294 e. The van der Waals surface area contributed by atoms with E-state index in [1.165, 1.54) is 0 Å². The number of Topliss-reactive ketones (excluding diaryl/α,β-unsaturated/α-hetero) is 1. The zero-order valence-corrected chi connectivity index (χ0v) is 12.9. The predicted octanol–water partition coefficient (Wildman–Crippen LogP) is 3.96. The third-order valence-electron chi connectivity index (χ3n) is 2.96. The number of carbonyl (C=O) groups excluding carboxylic acids is 1. The fourth-order valence-corrected chi connectivity index (χ4v) is 2.34. The highest BCUT2D eigenvalue weighted by Gasteiger charge is 2.13. The summed E-state index contributed by atoms with van der Waals surface area (Å²) in [6, 6.07) is 8.02. The molecule has 19 heavy (non-hydrogen) atoms. The lowest BCUT2D eigenvalue weighted by Gasteiger charge is -2.05. The molecule has 1 aromatic carbocycles. The van der Waals surface area contributed by atoms with Crippen LogP contribution in [0.5, 0.6) is 0 Å². The summed E-state index contributed by atoms with van der Waals surface area (Å²) < 4.78 is 2.71. The minimum absolute atomic E-state index is 0.0876. The Hall–Kier alpha value is -1.42. The van der Waals surface area contributed by atoms with Crippen molar-refractivity contribution in [1.82, 2.24) is 9.78 Å². The van der Waals surface area contributed by atoms with E-state index in [1.807, 2.05) is 42.1 Å². The van der Waals surface area contributed by atoms with Crippen molar-refractivity contribution in [3.05, 3.63) is 51.8 Å². The van der Waals surface area contributed by atoms with Crippen molar-refractivity contribution in [2.75, 3.05) is 0 Å². The van der Waals surface area contributed by atoms with Crippen LogP contribution in [-0.4, -0.2) is 15.6 Å². The number of aryl methyl sites for hydroxylation is 1. The number of halogens is 1. The van der Waals surface area contributed by atoms with Crippen LogP contribution in [0.2, 0.25) is 0 Å². The summed E-state index contributed by atoms with van der Waals surface area (Å²) in [4.78, 5) is 12.3. The number of aromatic nitrogens is 2. The van der Waals surface area contributed by atoms with Crippen molar-refractivity contribution in [1.29, 1.82) is 0 Å². The summed E-state index contributed by atoms with van der Waals surface area (Å²) in [5.41, 5.74) is 2.62. The molecule has 0 amide bonds. The van der Waals surface area contributed by atoms with Crippen LogP contribution in [0, 0.1) is 6.92 Å². The highest BCUT2D eigenvalue weighted by molar-refractivity contribution is 9.10. The minimum Gasteiger partial charge on any atom is -0.294 e. The predicted molar refractivity (Wildman–Crippen MR) is 79.5 cm³/mol. The Morgan fingerprint density at radius 3 is 2.74 bits per heavy atom. The zero-order valence-electron chi connectivity index (χ0n) is 11.4. The van der Waals surface area contributed by atoms with Crippen LogP contribution in [0.3, 0.4) is 0 Å². The molecule has 4 heteroatoms. The van der Waals surface area contributed by atoms with Gasteiger partial charge < -0.3 is 0 Å². The second-order valence-electron chi connectivity index (χ2n) is 4.96. The monoisotopic (exact) mass is 320 g/mol. The van der Waals surface area contributed by atoms with Gasteiger partial charge in [-0.2, -0.15) is 5.10 Å². The Morgan fingerprint density at radius 2 is 2.11 bits per heavy atom. The summed E-state index contributed by atoms with van der Waals surface area (Å²) in [5.74, 6) is 0.0876. The van der Waals surface area contributed by atoms with E-state index in [0.29, 0.717) is 12.5 Å². The Kier molecular flexibility index (Phi) is 4.20. The van der Waals surface area contributed by atoms with Gasteiger partial charge in [-0.25, -0.2) is 0 Å². The third kappa shape index (κ3) is 3.32. The molecule has 0 unspecified atom stereocenters. The number of nitrogens with zero attached hydrogens (tertiary/aromatic N) is 2. The van der Waals surface area contributed by atoms with E-state index in [-0.39, 0.29) is 5.78 Å². The van der Waals surface area contributed by atoms with Crippen LogP contribution in [0.15, 0.2) is 34.9 Å². The maximum absolute atomic E-state index is 12.3.